The highest BCUT2D eigenvalue weighted by Crippen LogP contribution is 2.33. The van der Waals surface area contributed by atoms with E-state index in [2.05, 4.69) is 9.72 Å². The van der Waals surface area contributed by atoms with Crippen molar-refractivity contribution in [2.45, 2.75) is 12.3 Å². The summed E-state index contributed by atoms with van der Waals surface area (Å²) in [6, 6.07) is 5.73. The molecule has 2 aromatic rings. The molecule has 0 aliphatic carbocycles. The molecule has 0 unspecified atom stereocenters. The number of hydrogen-bond donors (Lipinski definition) is 4. The van der Waals surface area contributed by atoms with Gasteiger partial charge in [0.1, 0.15) is 17.1 Å². The number of nitrogens with one attached hydrogen (secondary N) is 1. The predicted molar refractivity (Wildman–Crippen MR) is 83.8 cm³/mol. The van der Waals surface area contributed by atoms with E-state index in [1.165, 1.54) is 24.3 Å². The van der Waals surface area contributed by atoms with Gasteiger partial charge in [-0.05, 0) is 17.7 Å². The molecule has 0 aliphatic heterocycles. The summed E-state index contributed by atoms with van der Waals surface area (Å²) in [5.41, 5.74) is 4.63. The molecule has 8 heteroatoms. The van der Waals surface area contributed by atoms with Crippen molar-refractivity contribution >= 4 is 11.9 Å². The van der Waals surface area contributed by atoms with Crippen LogP contribution < -0.4 is 11.3 Å². The Morgan fingerprint density at radius 2 is 1.88 bits per heavy atom. The van der Waals surface area contributed by atoms with E-state index in [-0.39, 0.29) is 23.3 Å². The summed E-state index contributed by atoms with van der Waals surface area (Å²) in [6.45, 7) is 0. The van der Waals surface area contributed by atoms with E-state index in [4.69, 9.17) is 5.73 Å². The summed E-state index contributed by atoms with van der Waals surface area (Å²) in [4.78, 5) is 37.6. The molecule has 0 fully saturated rings. The second-order valence-electron chi connectivity index (χ2n) is 5.10. The van der Waals surface area contributed by atoms with Gasteiger partial charge in [-0.25, -0.2) is 4.79 Å². The number of amides is 1. The standard InChI is InChI=1S/C16H16N2O6/c1-24-16(23)11-7-18-15(22)13(14(11)21)10(6-12(17)20)8-2-4-9(19)5-3-8/h2-5,7,10,19H,6H2,1H3,(H2,17,20)(H2,18,21,22)/t10-/m0/s1. The van der Waals surface area contributed by atoms with Crippen LogP contribution >= 0.6 is 0 Å². The number of aromatic amines is 1. The molecule has 1 atom stereocenters. The third-order valence-electron chi connectivity index (χ3n) is 3.56. The van der Waals surface area contributed by atoms with E-state index < -0.39 is 29.1 Å². The Balaban J connectivity index is 2.66. The van der Waals surface area contributed by atoms with Crippen molar-refractivity contribution in [1.82, 2.24) is 4.98 Å². The van der Waals surface area contributed by atoms with E-state index in [1.807, 2.05) is 0 Å². The molecule has 1 amide bonds. The van der Waals surface area contributed by atoms with E-state index in [9.17, 15) is 24.6 Å². The van der Waals surface area contributed by atoms with Gasteiger partial charge < -0.3 is 25.7 Å². The van der Waals surface area contributed by atoms with Crippen LogP contribution in [0.25, 0.3) is 0 Å². The Morgan fingerprint density at radius 1 is 1.25 bits per heavy atom. The number of benzene rings is 1. The highest BCUT2D eigenvalue weighted by Gasteiger charge is 2.27. The number of carbonyl (C=O) groups excluding carboxylic acids is 2. The maximum atomic E-state index is 12.2. The summed E-state index contributed by atoms with van der Waals surface area (Å²) < 4.78 is 4.55. The molecular formula is C16H16N2O6. The number of esters is 1. The zero-order valence-corrected chi connectivity index (χ0v) is 12.8. The van der Waals surface area contributed by atoms with Gasteiger partial charge in [0.05, 0.1) is 12.7 Å². The number of H-pyrrole nitrogens is 1. The zero-order valence-electron chi connectivity index (χ0n) is 12.8. The molecule has 0 bridgehead atoms. The number of nitrogens with two attached hydrogens (primary N) is 1. The van der Waals surface area contributed by atoms with Crippen LogP contribution in [0, 0.1) is 0 Å². The minimum absolute atomic E-state index is 0.00184. The normalized spacial score (nSPS) is 11.7. The van der Waals surface area contributed by atoms with Gasteiger partial charge in [-0.15, -0.1) is 0 Å². The summed E-state index contributed by atoms with van der Waals surface area (Å²) >= 11 is 0. The van der Waals surface area contributed by atoms with Crippen LogP contribution in [0.15, 0.2) is 35.3 Å². The number of pyridine rings is 1. The first-order valence-electron chi connectivity index (χ1n) is 6.95. The lowest BCUT2D eigenvalue weighted by molar-refractivity contribution is -0.118. The zero-order chi connectivity index (χ0) is 17.9. The topological polar surface area (TPSA) is 143 Å². The number of phenolic OH excluding ortho intramolecular Hbond substituents is 1. The van der Waals surface area contributed by atoms with Crippen LogP contribution in [0.5, 0.6) is 11.5 Å². The summed E-state index contributed by atoms with van der Waals surface area (Å²) in [5, 5.41) is 19.7. The largest absolute Gasteiger partial charge is 0.508 e. The van der Waals surface area contributed by atoms with Crippen molar-refractivity contribution < 1.29 is 24.5 Å². The number of ether oxygens (including phenoxy) is 1. The second-order valence-corrected chi connectivity index (χ2v) is 5.10. The molecule has 1 aromatic carbocycles. The fraction of sp³-hybridized carbons (Fsp3) is 0.188. The summed E-state index contributed by atoms with van der Waals surface area (Å²) in [6.07, 6.45) is 0.761. The smallest absolute Gasteiger partial charge is 0.343 e. The van der Waals surface area contributed by atoms with Crippen molar-refractivity contribution in [2.75, 3.05) is 7.11 Å². The Morgan fingerprint density at radius 3 is 2.42 bits per heavy atom. The number of hydrogen-bond acceptors (Lipinski definition) is 6. The maximum absolute atomic E-state index is 12.2. The quantitative estimate of drug-likeness (QED) is 0.590. The third-order valence-corrected chi connectivity index (χ3v) is 3.56. The Bertz CT molecular complexity index is 825. The molecule has 2 rings (SSSR count). The highest BCUT2D eigenvalue weighted by molar-refractivity contribution is 5.92. The van der Waals surface area contributed by atoms with Crippen molar-refractivity contribution in [3.8, 4) is 11.5 Å². The van der Waals surface area contributed by atoms with Gasteiger partial charge in [0.25, 0.3) is 5.56 Å². The van der Waals surface area contributed by atoms with E-state index >= 15 is 0 Å². The van der Waals surface area contributed by atoms with Gasteiger partial charge in [0, 0.05) is 18.5 Å². The SMILES string of the molecule is COC(=O)c1c[nH]c(=O)c([C@@H](CC(N)=O)c2ccc(O)cc2)c1O. The molecule has 1 heterocycles. The van der Waals surface area contributed by atoms with Crippen LogP contribution in [0.2, 0.25) is 0 Å². The molecule has 0 aliphatic rings. The predicted octanol–water partition coefficient (Wildman–Crippen LogP) is 0.580. The second kappa shape index (κ2) is 6.86. The van der Waals surface area contributed by atoms with Gasteiger partial charge in [-0.3, -0.25) is 9.59 Å². The molecule has 5 N–H and O–H groups in total. The number of phenols is 1. The van der Waals surface area contributed by atoms with Crippen LogP contribution in [-0.2, 0) is 9.53 Å². The molecular weight excluding hydrogens is 316 g/mol. The maximum Gasteiger partial charge on any atom is 0.343 e. The summed E-state index contributed by atoms with van der Waals surface area (Å²) in [5.74, 6) is -3.01. The number of primary amides is 1. The lowest BCUT2D eigenvalue weighted by atomic mass is 9.87. The van der Waals surface area contributed by atoms with Gasteiger partial charge in [0.2, 0.25) is 5.91 Å². The number of aromatic nitrogens is 1. The number of methoxy groups -OCH3 is 1. The minimum Gasteiger partial charge on any atom is -0.508 e. The van der Waals surface area contributed by atoms with Crippen LogP contribution in [-0.4, -0.2) is 34.2 Å². The van der Waals surface area contributed by atoms with E-state index in [1.54, 1.807) is 0 Å². The molecule has 1 aromatic heterocycles. The molecule has 0 saturated heterocycles. The van der Waals surface area contributed by atoms with Crippen LogP contribution in [0.3, 0.4) is 0 Å². The highest BCUT2D eigenvalue weighted by atomic mass is 16.5. The summed E-state index contributed by atoms with van der Waals surface area (Å²) in [7, 11) is 1.13. The van der Waals surface area contributed by atoms with E-state index in [0.717, 1.165) is 13.3 Å². The first-order chi connectivity index (χ1) is 11.3. The average molecular weight is 332 g/mol. The van der Waals surface area contributed by atoms with E-state index in [0.29, 0.717) is 5.56 Å². The number of carbonyl (C=O) groups is 2. The van der Waals surface area contributed by atoms with Gasteiger partial charge >= 0.3 is 5.97 Å². The van der Waals surface area contributed by atoms with Gasteiger partial charge in [-0.2, -0.15) is 0 Å². The van der Waals surface area contributed by atoms with Crippen molar-refractivity contribution in [3.63, 3.8) is 0 Å². The Kier molecular flexibility index (Phi) is 4.88. The average Bonchev–Trinajstić information content (AvgIpc) is 2.54. The number of rotatable bonds is 5. The first kappa shape index (κ1) is 17.1. The first-order valence-corrected chi connectivity index (χ1v) is 6.95. The number of aromatic hydroxyl groups is 2. The molecule has 0 saturated carbocycles. The fourth-order valence-electron chi connectivity index (χ4n) is 2.42. The van der Waals surface area contributed by atoms with Crippen molar-refractivity contribution in [1.29, 1.82) is 0 Å². The van der Waals surface area contributed by atoms with Crippen LogP contribution in [0.1, 0.15) is 33.8 Å². The minimum atomic E-state index is -0.892. The van der Waals surface area contributed by atoms with Crippen LogP contribution in [0.4, 0.5) is 0 Å². The van der Waals surface area contributed by atoms with Gasteiger partial charge in [-0.1, -0.05) is 12.1 Å². The third kappa shape index (κ3) is 3.37. The molecule has 0 spiro atoms. The Hall–Kier alpha value is -3.29. The lowest BCUT2D eigenvalue weighted by Crippen LogP contribution is -2.23. The molecule has 24 heavy (non-hydrogen) atoms. The Labute approximate surface area is 136 Å². The van der Waals surface area contributed by atoms with Crippen molar-refractivity contribution in [3.05, 3.63) is 57.5 Å². The lowest BCUT2D eigenvalue weighted by Gasteiger charge is -2.18. The molecule has 8 nitrogen and oxygen atoms in total. The van der Waals surface area contributed by atoms with Gasteiger partial charge in [0.15, 0.2) is 0 Å². The molecule has 126 valence electrons. The fourth-order valence-corrected chi connectivity index (χ4v) is 2.42. The van der Waals surface area contributed by atoms with Crippen molar-refractivity contribution in [2.24, 2.45) is 5.73 Å². The monoisotopic (exact) mass is 332 g/mol. The molecule has 0 radical (unpaired) electrons.